The molecule has 1 fully saturated rings. The van der Waals surface area contributed by atoms with Gasteiger partial charge in [-0.25, -0.2) is 0 Å². The van der Waals surface area contributed by atoms with E-state index in [-0.39, 0.29) is 16.6 Å². The molecule has 0 aromatic rings. The molecular formula is C16H28O2Si. The highest BCUT2D eigenvalue weighted by atomic mass is 28.4. The summed E-state index contributed by atoms with van der Waals surface area (Å²) >= 11 is 0. The quantitative estimate of drug-likeness (QED) is 0.704. The molecule has 0 saturated heterocycles. The number of hydrogen-bond donors (Lipinski definition) is 0. The van der Waals surface area contributed by atoms with Crippen LogP contribution < -0.4 is 0 Å². The summed E-state index contributed by atoms with van der Waals surface area (Å²) in [7, 11) is -1.79. The lowest BCUT2D eigenvalue weighted by Gasteiger charge is -2.42. The maximum absolute atomic E-state index is 11.7. The van der Waals surface area contributed by atoms with Crippen molar-refractivity contribution in [2.75, 3.05) is 0 Å². The van der Waals surface area contributed by atoms with E-state index in [0.29, 0.717) is 18.1 Å². The fourth-order valence-corrected chi connectivity index (χ4v) is 4.49. The van der Waals surface area contributed by atoms with E-state index < -0.39 is 8.32 Å². The van der Waals surface area contributed by atoms with E-state index in [1.807, 2.05) is 6.08 Å². The lowest BCUT2D eigenvalue weighted by Crippen LogP contribution is -2.46. The summed E-state index contributed by atoms with van der Waals surface area (Å²) in [6.07, 6.45) is 3.81. The van der Waals surface area contributed by atoms with Crippen LogP contribution in [0.3, 0.4) is 0 Å². The summed E-state index contributed by atoms with van der Waals surface area (Å²) in [6, 6.07) is 0. The van der Waals surface area contributed by atoms with Crippen molar-refractivity contribution in [1.82, 2.24) is 0 Å². The van der Waals surface area contributed by atoms with Crippen molar-refractivity contribution in [2.24, 2.45) is 11.3 Å². The third-order valence-corrected chi connectivity index (χ3v) is 9.69. The highest BCUT2D eigenvalue weighted by Gasteiger charge is 2.51. The van der Waals surface area contributed by atoms with E-state index in [2.05, 4.69) is 47.7 Å². The highest BCUT2D eigenvalue weighted by molar-refractivity contribution is 6.74. The molecule has 0 aromatic heterocycles. The van der Waals surface area contributed by atoms with E-state index in [0.717, 1.165) is 6.42 Å². The summed E-state index contributed by atoms with van der Waals surface area (Å²) in [6.45, 7) is 16.0. The number of allylic oxidation sites excluding steroid dienone is 1. The largest absolute Gasteiger partial charge is 0.410 e. The summed E-state index contributed by atoms with van der Waals surface area (Å²) in [5, 5.41) is 0.213. The Hall–Kier alpha value is -0.413. The minimum absolute atomic E-state index is 0.143. The molecule has 19 heavy (non-hydrogen) atoms. The van der Waals surface area contributed by atoms with Crippen molar-refractivity contribution in [2.45, 2.75) is 71.7 Å². The van der Waals surface area contributed by atoms with Crippen molar-refractivity contribution in [3.05, 3.63) is 11.6 Å². The highest BCUT2D eigenvalue weighted by Crippen LogP contribution is 2.52. The minimum atomic E-state index is -1.79. The van der Waals surface area contributed by atoms with E-state index >= 15 is 0 Å². The second-order valence-corrected chi connectivity index (χ2v) is 13.2. The molecule has 0 heterocycles. The van der Waals surface area contributed by atoms with Gasteiger partial charge in [-0.05, 0) is 47.5 Å². The van der Waals surface area contributed by atoms with Crippen LogP contribution in [0.15, 0.2) is 11.6 Å². The first-order chi connectivity index (χ1) is 8.44. The standard InChI is InChI=1S/C16H28O2Si/c1-15(2,3)19(6,7)18-14-13-9-12(17)8-11(13)10-16(14,4)5/h9,11,14H,8,10H2,1-7H3/t11-,14-/m1/s1. The Balaban J connectivity index is 2.28. The second kappa shape index (κ2) is 4.29. The Kier molecular flexibility index (Phi) is 3.38. The number of rotatable bonds is 2. The number of hydrogen-bond acceptors (Lipinski definition) is 2. The van der Waals surface area contributed by atoms with Crippen LogP contribution >= 0.6 is 0 Å². The van der Waals surface area contributed by atoms with Crippen LogP contribution in [0, 0.1) is 11.3 Å². The Morgan fingerprint density at radius 1 is 1.32 bits per heavy atom. The summed E-state index contributed by atoms with van der Waals surface area (Å²) in [4.78, 5) is 11.7. The van der Waals surface area contributed by atoms with E-state index in [4.69, 9.17) is 4.43 Å². The number of fused-ring (bicyclic) bond motifs is 1. The first kappa shape index (κ1) is 15.0. The molecule has 1 saturated carbocycles. The fourth-order valence-electron chi connectivity index (χ4n) is 3.10. The van der Waals surface area contributed by atoms with Gasteiger partial charge in [0, 0.05) is 6.42 Å². The van der Waals surface area contributed by atoms with Gasteiger partial charge in [-0.15, -0.1) is 0 Å². The smallest absolute Gasteiger partial charge is 0.192 e. The molecule has 0 spiro atoms. The zero-order valence-corrected chi connectivity index (χ0v) is 14.5. The molecule has 2 aliphatic carbocycles. The topological polar surface area (TPSA) is 26.3 Å². The monoisotopic (exact) mass is 280 g/mol. The molecule has 0 bridgehead atoms. The third-order valence-electron chi connectivity index (χ3n) is 5.25. The minimum Gasteiger partial charge on any atom is -0.410 e. The van der Waals surface area contributed by atoms with Gasteiger partial charge in [0.1, 0.15) is 0 Å². The zero-order valence-electron chi connectivity index (χ0n) is 13.5. The van der Waals surface area contributed by atoms with Gasteiger partial charge < -0.3 is 4.43 Å². The van der Waals surface area contributed by atoms with Gasteiger partial charge in [0.15, 0.2) is 14.1 Å². The lowest BCUT2D eigenvalue weighted by atomic mass is 9.87. The van der Waals surface area contributed by atoms with Gasteiger partial charge in [-0.1, -0.05) is 34.6 Å². The van der Waals surface area contributed by atoms with E-state index in [1.165, 1.54) is 5.57 Å². The molecule has 0 amide bonds. The van der Waals surface area contributed by atoms with Gasteiger partial charge >= 0.3 is 0 Å². The third kappa shape index (κ3) is 2.59. The molecule has 2 aliphatic rings. The first-order valence-corrected chi connectivity index (χ1v) is 10.3. The average Bonchev–Trinajstić information content (AvgIpc) is 2.61. The van der Waals surface area contributed by atoms with Gasteiger partial charge in [-0.2, -0.15) is 0 Å². The Morgan fingerprint density at radius 2 is 1.89 bits per heavy atom. The van der Waals surface area contributed by atoms with Crippen LogP contribution in [0.25, 0.3) is 0 Å². The van der Waals surface area contributed by atoms with Crippen LogP contribution in [0.1, 0.15) is 47.5 Å². The summed E-state index contributed by atoms with van der Waals surface area (Å²) < 4.78 is 6.66. The number of ketones is 1. The van der Waals surface area contributed by atoms with Gasteiger partial charge in [0.25, 0.3) is 0 Å². The SMILES string of the molecule is CC1(C)C[C@H]2CC(=O)C=C2[C@H]1O[Si](C)(C)C(C)(C)C. The molecule has 2 rings (SSSR count). The predicted octanol–water partition coefficient (Wildman–Crippen LogP) is 4.32. The molecule has 0 unspecified atom stereocenters. The van der Waals surface area contributed by atoms with Crippen LogP contribution in [0.5, 0.6) is 0 Å². The van der Waals surface area contributed by atoms with Crippen LogP contribution in [-0.2, 0) is 9.22 Å². The Labute approximate surface area is 118 Å². The van der Waals surface area contributed by atoms with Crippen molar-refractivity contribution in [3.8, 4) is 0 Å². The Bertz CT molecular complexity index is 427. The van der Waals surface area contributed by atoms with Crippen LogP contribution in [0.4, 0.5) is 0 Å². The van der Waals surface area contributed by atoms with Crippen molar-refractivity contribution >= 4 is 14.1 Å². The second-order valence-electron chi connectivity index (χ2n) is 8.46. The molecule has 0 aliphatic heterocycles. The normalized spacial score (nSPS) is 30.5. The van der Waals surface area contributed by atoms with Crippen LogP contribution in [0.2, 0.25) is 18.1 Å². The first-order valence-electron chi connectivity index (χ1n) is 7.36. The van der Waals surface area contributed by atoms with E-state index in [1.54, 1.807) is 0 Å². The van der Waals surface area contributed by atoms with E-state index in [9.17, 15) is 4.79 Å². The summed E-state index contributed by atoms with van der Waals surface area (Å²) in [5.41, 5.74) is 1.44. The molecule has 0 aromatic carbocycles. The summed E-state index contributed by atoms with van der Waals surface area (Å²) in [5.74, 6) is 0.733. The molecule has 2 atom stereocenters. The molecule has 0 N–H and O–H groups in total. The molecule has 3 heteroatoms. The molecule has 2 nitrogen and oxygen atoms in total. The zero-order chi connectivity index (χ0) is 14.6. The Morgan fingerprint density at radius 3 is 2.42 bits per heavy atom. The van der Waals surface area contributed by atoms with Crippen molar-refractivity contribution in [3.63, 3.8) is 0 Å². The average molecular weight is 280 g/mol. The van der Waals surface area contributed by atoms with Crippen LogP contribution in [-0.4, -0.2) is 20.2 Å². The number of carbonyl (C=O) groups is 1. The lowest BCUT2D eigenvalue weighted by molar-refractivity contribution is -0.114. The molecule has 0 radical (unpaired) electrons. The van der Waals surface area contributed by atoms with Crippen molar-refractivity contribution in [1.29, 1.82) is 0 Å². The predicted molar refractivity (Wildman–Crippen MR) is 81.7 cm³/mol. The molecule has 108 valence electrons. The fraction of sp³-hybridized carbons (Fsp3) is 0.812. The maximum atomic E-state index is 11.7. The van der Waals surface area contributed by atoms with Crippen molar-refractivity contribution < 1.29 is 9.22 Å². The number of carbonyl (C=O) groups excluding carboxylic acids is 1. The van der Waals surface area contributed by atoms with Gasteiger partial charge in [0.05, 0.1) is 6.10 Å². The van der Waals surface area contributed by atoms with Gasteiger partial charge in [0.2, 0.25) is 0 Å². The maximum Gasteiger partial charge on any atom is 0.192 e. The van der Waals surface area contributed by atoms with Gasteiger partial charge in [-0.3, -0.25) is 4.79 Å². The molecular weight excluding hydrogens is 252 g/mol.